The Morgan fingerprint density at radius 3 is 2.92 bits per heavy atom. The van der Waals surface area contributed by atoms with Crippen LogP contribution < -0.4 is 14.8 Å². The molecule has 3 heterocycles. The average molecular weight is 343 g/mol. The van der Waals surface area contributed by atoms with Crippen LogP contribution in [0.25, 0.3) is 11.3 Å². The molecular formula is C16H13N3O4S. The first-order valence-electron chi connectivity index (χ1n) is 7.33. The van der Waals surface area contributed by atoms with E-state index in [2.05, 4.69) is 15.5 Å². The highest BCUT2D eigenvalue weighted by Gasteiger charge is 2.16. The lowest BCUT2D eigenvalue weighted by Gasteiger charge is -2.18. The topological polar surface area (TPSA) is 86.5 Å². The van der Waals surface area contributed by atoms with Crippen molar-refractivity contribution in [1.82, 2.24) is 10.1 Å². The summed E-state index contributed by atoms with van der Waals surface area (Å²) in [5.74, 6) is 1.78. The fourth-order valence-corrected chi connectivity index (χ4v) is 2.89. The number of rotatable bonds is 4. The van der Waals surface area contributed by atoms with Crippen molar-refractivity contribution < 1.29 is 18.8 Å². The molecule has 4 rings (SSSR count). The highest BCUT2D eigenvalue weighted by atomic mass is 32.1. The molecule has 0 bridgehead atoms. The minimum absolute atomic E-state index is 0.119. The van der Waals surface area contributed by atoms with E-state index in [9.17, 15) is 4.79 Å². The average Bonchev–Trinajstić information content (AvgIpc) is 3.26. The van der Waals surface area contributed by atoms with Crippen molar-refractivity contribution in [2.75, 3.05) is 18.5 Å². The van der Waals surface area contributed by atoms with Crippen LogP contribution in [0.15, 0.2) is 40.4 Å². The van der Waals surface area contributed by atoms with Gasteiger partial charge < -0.3 is 19.3 Å². The van der Waals surface area contributed by atoms with Gasteiger partial charge in [0, 0.05) is 23.2 Å². The molecule has 7 nitrogen and oxygen atoms in total. The van der Waals surface area contributed by atoms with Gasteiger partial charge in [0.05, 0.1) is 12.1 Å². The third-order valence-corrected chi connectivity index (χ3v) is 4.09. The molecule has 1 N–H and O–H groups in total. The molecular weight excluding hydrogens is 330 g/mol. The van der Waals surface area contributed by atoms with Gasteiger partial charge in [-0.15, -0.1) is 11.3 Å². The number of carbonyl (C=O) groups is 1. The van der Waals surface area contributed by atoms with E-state index >= 15 is 0 Å². The number of hydrogen-bond donors (Lipinski definition) is 1. The molecule has 0 saturated carbocycles. The first kappa shape index (κ1) is 14.7. The van der Waals surface area contributed by atoms with E-state index in [1.165, 1.54) is 11.3 Å². The molecule has 1 aliphatic heterocycles. The molecule has 1 aromatic carbocycles. The van der Waals surface area contributed by atoms with E-state index in [0.717, 1.165) is 5.56 Å². The number of nitrogens with zero attached hydrogens (tertiary/aromatic N) is 2. The van der Waals surface area contributed by atoms with Crippen LogP contribution in [0.1, 0.15) is 5.69 Å². The predicted octanol–water partition coefficient (Wildman–Crippen LogP) is 2.75. The zero-order valence-corrected chi connectivity index (χ0v) is 13.3. The molecule has 2 aromatic heterocycles. The summed E-state index contributed by atoms with van der Waals surface area (Å²) in [6.45, 7) is 1.07. The Balaban J connectivity index is 1.47. The minimum Gasteiger partial charge on any atom is -0.486 e. The predicted molar refractivity (Wildman–Crippen MR) is 87.4 cm³/mol. The zero-order valence-electron chi connectivity index (χ0n) is 12.5. The Morgan fingerprint density at radius 1 is 1.21 bits per heavy atom. The van der Waals surface area contributed by atoms with Crippen LogP contribution >= 0.6 is 11.3 Å². The summed E-state index contributed by atoms with van der Waals surface area (Å²) in [5.41, 5.74) is 1.37. The molecule has 122 valence electrons. The molecule has 3 aromatic rings. The van der Waals surface area contributed by atoms with Gasteiger partial charge in [0.25, 0.3) is 0 Å². The first-order valence-corrected chi connectivity index (χ1v) is 8.21. The second kappa shape index (κ2) is 6.32. The third kappa shape index (κ3) is 3.09. The summed E-state index contributed by atoms with van der Waals surface area (Å²) in [6, 6.07) is 7.29. The van der Waals surface area contributed by atoms with E-state index in [-0.39, 0.29) is 12.3 Å². The molecule has 0 atom stereocenters. The molecule has 0 saturated heterocycles. The van der Waals surface area contributed by atoms with E-state index in [4.69, 9.17) is 14.0 Å². The standard InChI is InChI=1S/C16H13N3O4S/c20-15(18-16-17-3-6-24-16)9-11-8-13(23-19-11)10-1-2-12-14(7-10)22-5-4-21-12/h1-3,6-8H,4-5,9H2,(H,17,18,20). The van der Waals surface area contributed by atoms with E-state index < -0.39 is 0 Å². The van der Waals surface area contributed by atoms with Crippen molar-refractivity contribution in [1.29, 1.82) is 0 Å². The van der Waals surface area contributed by atoms with Crippen LogP contribution in [-0.4, -0.2) is 29.3 Å². The van der Waals surface area contributed by atoms with Crippen molar-refractivity contribution in [3.8, 4) is 22.8 Å². The normalized spacial score (nSPS) is 12.8. The number of benzene rings is 1. The first-order chi connectivity index (χ1) is 11.8. The summed E-state index contributed by atoms with van der Waals surface area (Å²) in [7, 11) is 0. The van der Waals surface area contributed by atoms with Gasteiger partial charge in [0.1, 0.15) is 13.2 Å². The zero-order chi connectivity index (χ0) is 16.4. The van der Waals surface area contributed by atoms with Crippen molar-refractivity contribution in [3.05, 3.63) is 41.5 Å². The Morgan fingerprint density at radius 2 is 2.08 bits per heavy atom. The van der Waals surface area contributed by atoms with Crippen LogP contribution in [0, 0.1) is 0 Å². The van der Waals surface area contributed by atoms with Gasteiger partial charge in [0.2, 0.25) is 5.91 Å². The Kier molecular flexibility index (Phi) is 3.87. The summed E-state index contributed by atoms with van der Waals surface area (Å²) in [6.07, 6.45) is 1.75. The smallest absolute Gasteiger partial charge is 0.232 e. The van der Waals surface area contributed by atoms with Crippen LogP contribution in [0.2, 0.25) is 0 Å². The third-order valence-electron chi connectivity index (χ3n) is 3.41. The van der Waals surface area contributed by atoms with Crippen molar-refractivity contribution in [3.63, 3.8) is 0 Å². The van der Waals surface area contributed by atoms with Crippen molar-refractivity contribution in [2.45, 2.75) is 6.42 Å². The van der Waals surface area contributed by atoms with Crippen molar-refractivity contribution in [2.24, 2.45) is 0 Å². The van der Waals surface area contributed by atoms with Gasteiger partial charge in [-0.05, 0) is 18.2 Å². The number of hydrogen-bond acceptors (Lipinski definition) is 7. The summed E-state index contributed by atoms with van der Waals surface area (Å²) < 4.78 is 16.4. The fourth-order valence-electron chi connectivity index (χ4n) is 2.34. The highest BCUT2D eigenvalue weighted by molar-refractivity contribution is 7.13. The maximum absolute atomic E-state index is 12.0. The van der Waals surface area contributed by atoms with Crippen LogP contribution in [0.4, 0.5) is 5.13 Å². The van der Waals surface area contributed by atoms with Gasteiger partial charge in [-0.3, -0.25) is 4.79 Å². The Hall–Kier alpha value is -2.87. The molecule has 24 heavy (non-hydrogen) atoms. The number of aromatic nitrogens is 2. The lowest BCUT2D eigenvalue weighted by molar-refractivity contribution is -0.115. The number of anilines is 1. The van der Waals surface area contributed by atoms with Crippen LogP contribution in [0.5, 0.6) is 11.5 Å². The van der Waals surface area contributed by atoms with Gasteiger partial charge in [-0.25, -0.2) is 4.98 Å². The van der Waals surface area contributed by atoms with E-state index in [0.29, 0.717) is 41.3 Å². The summed E-state index contributed by atoms with van der Waals surface area (Å²) in [5, 5.41) is 9.02. The minimum atomic E-state index is -0.188. The molecule has 0 radical (unpaired) electrons. The highest BCUT2D eigenvalue weighted by Crippen LogP contribution is 2.34. The quantitative estimate of drug-likeness (QED) is 0.784. The van der Waals surface area contributed by atoms with E-state index in [1.807, 2.05) is 18.2 Å². The monoisotopic (exact) mass is 343 g/mol. The molecule has 0 fully saturated rings. The number of thiazole rings is 1. The number of fused-ring (bicyclic) bond motifs is 1. The number of ether oxygens (including phenoxy) is 2. The van der Waals surface area contributed by atoms with Crippen LogP contribution in [-0.2, 0) is 11.2 Å². The summed E-state index contributed by atoms with van der Waals surface area (Å²) >= 11 is 1.36. The summed E-state index contributed by atoms with van der Waals surface area (Å²) in [4.78, 5) is 16.0. The van der Waals surface area contributed by atoms with Crippen molar-refractivity contribution >= 4 is 22.4 Å². The Labute approximate surface area is 141 Å². The maximum atomic E-state index is 12.0. The number of nitrogens with one attached hydrogen (secondary N) is 1. The van der Waals surface area contributed by atoms with Gasteiger partial charge in [-0.2, -0.15) is 0 Å². The molecule has 0 unspecified atom stereocenters. The van der Waals surface area contributed by atoms with Gasteiger partial charge in [0.15, 0.2) is 22.4 Å². The van der Waals surface area contributed by atoms with Crippen LogP contribution in [0.3, 0.4) is 0 Å². The lowest BCUT2D eigenvalue weighted by Crippen LogP contribution is -2.15. The second-order valence-corrected chi connectivity index (χ2v) is 6.00. The fraction of sp³-hybridized carbons (Fsp3) is 0.188. The largest absolute Gasteiger partial charge is 0.486 e. The number of amides is 1. The molecule has 0 aliphatic carbocycles. The lowest BCUT2D eigenvalue weighted by atomic mass is 10.1. The van der Waals surface area contributed by atoms with E-state index in [1.54, 1.807) is 17.6 Å². The second-order valence-electron chi connectivity index (χ2n) is 5.10. The molecule has 1 aliphatic rings. The van der Waals surface area contributed by atoms with Gasteiger partial charge in [-0.1, -0.05) is 5.16 Å². The van der Waals surface area contributed by atoms with Gasteiger partial charge >= 0.3 is 0 Å². The molecule has 1 amide bonds. The number of carbonyl (C=O) groups excluding carboxylic acids is 1. The molecule has 8 heteroatoms. The molecule has 0 spiro atoms. The maximum Gasteiger partial charge on any atom is 0.232 e. The Bertz CT molecular complexity index is 860. The SMILES string of the molecule is O=C(Cc1cc(-c2ccc3c(c2)OCCO3)on1)Nc1nccs1.